The average molecular weight is 483 g/mol. The number of ether oxygens (including phenoxy) is 1. The highest BCUT2D eigenvalue weighted by Crippen LogP contribution is 2.30. The van der Waals surface area contributed by atoms with Crippen molar-refractivity contribution in [2.75, 3.05) is 18.5 Å². The molecular formula is C23H25F4N3O4. The van der Waals surface area contributed by atoms with Gasteiger partial charge in [0.2, 0.25) is 0 Å². The van der Waals surface area contributed by atoms with E-state index in [0.29, 0.717) is 19.3 Å². The molecule has 0 aromatic heterocycles. The summed E-state index contributed by atoms with van der Waals surface area (Å²) in [5.41, 5.74) is -0.689. The maximum atomic E-state index is 13.7. The number of rotatable bonds is 7. The van der Waals surface area contributed by atoms with Crippen LogP contribution in [-0.4, -0.2) is 48.4 Å². The van der Waals surface area contributed by atoms with E-state index in [9.17, 15) is 32.3 Å². The first-order valence-corrected chi connectivity index (χ1v) is 10.7. The van der Waals surface area contributed by atoms with E-state index in [2.05, 4.69) is 16.0 Å². The molecule has 0 radical (unpaired) electrons. The first-order chi connectivity index (χ1) is 16.2. The summed E-state index contributed by atoms with van der Waals surface area (Å²) in [6.07, 6.45) is -3.99. The molecule has 0 spiro atoms. The Morgan fingerprint density at radius 3 is 2.41 bits per heavy atom. The van der Waals surface area contributed by atoms with Gasteiger partial charge in [0.1, 0.15) is 11.9 Å². The van der Waals surface area contributed by atoms with Gasteiger partial charge >= 0.3 is 12.2 Å². The number of carbonyl (C=O) groups is 2. The highest BCUT2D eigenvalue weighted by atomic mass is 19.4. The van der Waals surface area contributed by atoms with Crippen LogP contribution in [0.1, 0.15) is 35.2 Å². The van der Waals surface area contributed by atoms with Crippen LogP contribution in [-0.2, 0) is 10.9 Å². The van der Waals surface area contributed by atoms with Gasteiger partial charge in [0.15, 0.2) is 0 Å². The molecule has 184 valence electrons. The van der Waals surface area contributed by atoms with Gasteiger partial charge in [-0.15, -0.1) is 0 Å². The molecule has 1 aliphatic rings. The molecule has 11 heteroatoms. The number of aliphatic hydroxyl groups is 1. The molecule has 0 unspecified atom stereocenters. The summed E-state index contributed by atoms with van der Waals surface area (Å²) in [6, 6.07) is 8.52. The standard InChI is InChI=1S/C23H25F4N3O4/c24-18-4-2-1-3-17(18)21(32)28-12-11-16-9-10-19(20(13-31)34-16)30-22(33)29-15-7-5-14(6-8-15)23(25,26)27/h1-8,16,19-20,31H,9-13H2,(H,28,32)(H2,29,30,33)/t16-,19+,20-/m0/s1. The topological polar surface area (TPSA) is 99.7 Å². The van der Waals surface area contributed by atoms with Crippen LogP contribution < -0.4 is 16.0 Å². The summed E-state index contributed by atoms with van der Waals surface area (Å²) >= 11 is 0. The minimum Gasteiger partial charge on any atom is -0.394 e. The van der Waals surface area contributed by atoms with Gasteiger partial charge in [-0.3, -0.25) is 4.79 Å². The average Bonchev–Trinajstić information content (AvgIpc) is 2.80. The number of alkyl halides is 3. The van der Waals surface area contributed by atoms with Crippen molar-refractivity contribution < 1.29 is 37.0 Å². The zero-order valence-corrected chi connectivity index (χ0v) is 18.1. The second-order valence-electron chi connectivity index (χ2n) is 7.86. The quantitative estimate of drug-likeness (QED) is 0.452. The minimum atomic E-state index is -4.47. The Morgan fingerprint density at radius 2 is 1.76 bits per heavy atom. The number of hydrogen-bond donors (Lipinski definition) is 4. The van der Waals surface area contributed by atoms with Gasteiger partial charge in [-0.05, 0) is 55.7 Å². The van der Waals surface area contributed by atoms with Crippen molar-refractivity contribution >= 4 is 17.6 Å². The number of aliphatic hydroxyl groups excluding tert-OH is 1. The third-order valence-electron chi connectivity index (χ3n) is 5.45. The number of anilines is 1. The molecule has 0 aliphatic carbocycles. The molecule has 7 nitrogen and oxygen atoms in total. The Morgan fingerprint density at radius 1 is 1.06 bits per heavy atom. The molecule has 1 aliphatic heterocycles. The molecule has 4 N–H and O–H groups in total. The second kappa shape index (κ2) is 11.3. The molecule has 34 heavy (non-hydrogen) atoms. The van der Waals surface area contributed by atoms with Gasteiger partial charge < -0.3 is 25.8 Å². The summed E-state index contributed by atoms with van der Waals surface area (Å²) in [5, 5.41) is 17.4. The Labute approximate surface area is 193 Å². The van der Waals surface area contributed by atoms with Gasteiger partial charge in [-0.2, -0.15) is 13.2 Å². The monoisotopic (exact) mass is 483 g/mol. The van der Waals surface area contributed by atoms with Crippen LogP contribution in [0.15, 0.2) is 48.5 Å². The van der Waals surface area contributed by atoms with Crippen LogP contribution >= 0.6 is 0 Å². The van der Waals surface area contributed by atoms with Crippen molar-refractivity contribution in [3.05, 3.63) is 65.5 Å². The van der Waals surface area contributed by atoms with Gasteiger partial charge in [0, 0.05) is 12.2 Å². The fourth-order valence-corrected chi connectivity index (χ4v) is 3.67. The van der Waals surface area contributed by atoms with Crippen LogP contribution in [0.3, 0.4) is 0 Å². The maximum absolute atomic E-state index is 13.7. The number of hydrogen-bond acceptors (Lipinski definition) is 4. The van der Waals surface area contributed by atoms with E-state index in [0.717, 1.165) is 24.3 Å². The van der Waals surface area contributed by atoms with E-state index in [1.54, 1.807) is 6.07 Å². The summed E-state index contributed by atoms with van der Waals surface area (Å²) < 4.78 is 57.4. The smallest absolute Gasteiger partial charge is 0.394 e. The van der Waals surface area contributed by atoms with Crippen molar-refractivity contribution in [3.63, 3.8) is 0 Å². The Bertz CT molecular complexity index is 985. The highest BCUT2D eigenvalue weighted by molar-refractivity contribution is 5.94. The zero-order valence-electron chi connectivity index (χ0n) is 18.1. The van der Waals surface area contributed by atoms with Crippen LogP contribution in [0.2, 0.25) is 0 Å². The molecule has 1 saturated heterocycles. The van der Waals surface area contributed by atoms with Crippen molar-refractivity contribution in [1.29, 1.82) is 0 Å². The van der Waals surface area contributed by atoms with E-state index in [4.69, 9.17) is 4.74 Å². The lowest BCUT2D eigenvalue weighted by Crippen LogP contribution is -2.52. The maximum Gasteiger partial charge on any atom is 0.416 e. The summed E-state index contributed by atoms with van der Waals surface area (Å²) in [4.78, 5) is 24.3. The van der Waals surface area contributed by atoms with Crippen LogP contribution in [0.4, 0.5) is 28.0 Å². The van der Waals surface area contributed by atoms with E-state index < -0.39 is 41.6 Å². The lowest BCUT2D eigenvalue weighted by molar-refractivity contribution is -0.137. The molecular weight excluding hydrogens is 458 g/mol. The van der Waals surface area contributed by atoms with Crippen molar-refractivity contribution in [3.8, 4) is 0 Å². The first kappa shape index (κ1) is 25.4. The predicted molar refractivity (Wildman–Crippen MR) is 116 cm³/mol. The Balaban J connectivity index is 1.44. The molecule has 2 aromatic rings. The van der Waals surface area contributed by atoms with Crippen LogP contribution in [0.25, 0.3) is 0 Å². The molecule has 1 fully saturated rings. The fraction of sp³-hybridized carbons (Fsp3) is 0.391. The summed E-state index contributed by atoms with van der Waals surface area (Å²) in [5.74, 6) is -1.15. The van der Waals surface area contributed by atoms with Gasteiger partial charge in [0.05, 0.1) is 29.9 Å². The van der Waals surface area contributed by atoms with Gasteiger partial charge in [-0.1, -0.05) is 12.1 Å². The molecule has 1 heterocycles. The van der Waals surface area contributed by atoms with Gasteiger partial charge in [-0.25, -0.2) is 9.18 Å². The molecule has 3 rings (SSSR count). The lowest BCUT2D eigenvalue weighted by Gasteiger charge is -2.36. The summed E-state index contributed by atoms with van der Waals surface area (Å²) in [7, 11) is 0. The molecule has 0 saturated carbocycles. The molecule has 0 bridgehead atoms. The van der Waals surface area contributed by atoms with E-state index >= 15 is 0 Å². The lowest BCUT2D eigenvalue weighted by atomic mass is 9.97. The molecule has 3 atom stereocenters. The van der Waals surface area contributed by atoms with E-state index in [1.165, 1.54) is 18.2 Å². The number of nitrogens with one attached hydrogen (secondary N) is 3. The Hall–Kier alpha value is -3.18. The Kier molecular flexibility index (Phi) is 8.46. The van der Waals surface area contributed by atoms with Crippen LogP contribution in [0.5, 0.6) is 0 Å². The third-order valence-corrected chi connectivity index (χ3v) is 5.45. The largest absolute Gasteiger partial charge is 0.416 e. The van der Waals surface area contributed by atoms with Crippen molar-refractivity contribution in [2.45, 2.75) is 43.7 Å². The summed E-state index contributed by atoms with van der Waals surface area (Å²) in [6.45, 7) is -0.119. The number of halogens is 4. The van der Waals surface area contributed by atoms with E-state index in [-0.39, 0.29) is 30.5 Å². The number of urea groups is 1. The van der Waals surface area contributed by atoms with Crippen LogP contribution in [0, 0.1) is 5.82 Å². The highest BCUT2D eigenvalue weighted by Gasteiger charge is 2.32. The number of benzene rings is 2. The second-order valence-corrected chi connectivity index (χ2v) is 7.86. The molecule has 3 amide bonds. The fourth-order valence-electron chi connectivity index (χ4n) is 3.67. The van der Waals surface area contributed by atoms with E-state index in [1.807, 2.05) is 0 Å². The van der Waals surface area contributed by atoms with Crippen molar-refractivity contribution in [1.82, 2.24) is 10.6 Å². The SMILES string of the molecule is O=C(Nc1ccc(C(F)(F)F)cc1)N[C@@H]1CC[C@@H](CCNC(=O)c2ccccc2F)O[C@H]1CO. The first-order valence-electron chi connectivity index (χ1n) is 10.7. The predicted octanol–water partition coefficient (Wildman–Crippen LogP) is 3.69. The third kappa shape index (κ3) is 6.91. The minimum absolute atomic E-state index is 0.0522. The number of carbonyl (C=O) groups excluding carboxylic acids is 2. The zero-order chi connectivity index (χ0) is 24.7. The normalized spacial score (nSPS) is 20.4. The molecule has 2 aromatic carbocycles. The number of amides is 3. The van der Waals surface area contributed by atoms with Gasteiger partial charge in [0.25, 0.3) is 5.91 Å². The van der Waals surface area contributed by atoms with Crippen molar-refractivity contribution in [2.24, 2.45) is 0 Å².